The molecule has 0 unspecified atom stereocenters. The summed E-state index contributed by atoms with van der Waals surface area (Å²) in [6.45, 7) is 16.4. The molecule has 1 aromatic rings. The third kappa shape index (κ3) is 5.13. The highest BCUT2D eigenvalue weighted by Gasteiger charge is 2.24. The van der Waals surface area contributed by atoms with Gasteiger partial charge in [-0.25, -0.2) is 0 Å². The van der Waals surface area contributed by atoms with Gasteiger partial charge in [0.25, 0.3) is 0 Å². The van der Waals surface area contributed by atoms with E-state index in [0.29, 0.717) is 5.92 Å². The smallest absolute Gasteiger partial charge is 0.0384 e. The standard InChI is InChI=1S/C23H29N/c1-7-20(9-8-16(2)3)17(4)14-22-12-13-23(15-18(22)5)24-19(6)21-10-11-21/h7-9,12-15,21,24H,2,6,10-11H2,1,3-5H3/b9-8-,17-14+,20-7+. The number of anilines is 1. The van der Waals surface area contributed by atoms with Crippen LogP contribution in [0.15, 0.2) is 72.0 Å². The first-order chi connectivity index (χ1) is 11.4. The van der Waals surface area contributed by atoms with Crippen molar-refractivity contribution < 1.29 is 0 Å². The first-order valence-corrected chi connectivity index (χ1v) is 8.65. The van der Waals surface area contributed by atoms with Crippen LogP contribution < -0.4 is 5.32 Å². The van der Waals surface area contributed by atoms with E-state index in [-0.39, 0.29) is 0 Å². The molecule has 126 valence electrons. The molecular formula is C23H29N. The first-order valence-electron chi connectivity index (χ1n) is 8.65. The Morgan fingerprint density at radius 3 is 2.42 bits per heavy atom. The molecule has 1 aliphatic rings. The second kappa shape index (κ2) is 8.01. The Bertz CT molecular complexity index is 724. The van der Waals surface area contributed by atoms with Crippen LogP contribution in [0, 0.1) is 12.8 Å². The minimum absolute atomic E-state index is 0.671. The largest absolute Gasteiger partial charge is 0.359 e. The molecule has 0 bridgehead atoms. The molecule has 1 fully saturated rings. The third-order valence-electron chi connectivity index (χ3n) is 4.33. The molecule has 1 aliphatic carbocycles. The van der Waals surface area contributed by atoms with Crippen LogP contribution in [0.4, 0.5) is 5.69 Å². The van der Waals surface area contributed by atoms with E-state index in [1.807, 2.05) is 6.92 Å². The van der Waals surface area contributed by atoms with Gasteiger partial charge in [0.05, 0.1) is 0 Å². The number of benzene rings is 1. The number of allylic oxidation sites excluding steroid dienone is 7. The van der Waals surface area contributed by atoms with Crippen LogP contribution in [-0.2, 0) is 0 Å². The van der Waals surface area contributed by atoms with Gasteiger partial charge in [-0.2, -0.15) is 0 Å². The summed E-state index contributed by atoms with van der Waals surface area (Å²) in [4.78, 5) is 0. The van der Waals surface area contributed by atoms with Gasteiger partial charge in [-0.15, -0.1) is 0 Å². The van der Waals surface area contributed by atoms with E-state index in [4.69, 9.17) is 0 Å². The fraction of sp³-hybridized carbons (Fsp3) is 0.304. The van der Waals surface area contributed by atoms with Crippen LogP contribution in [0.25, 0.3) is 6.08 Å². The van der Waals surface area contributed by atoms with E-state index < -0.39 is 0 Å². The van der Waals surface area contributed by atoms with Crippen LogP contribution >= 0.6 is 0 Å². The van der Waals surface area contributed by atoms with Gasteiger partial charge in [0.2, 0.25) is 0 Å². The molecule has 0 radical (unpaired) electrons. The predicted molar refractivity (Wildman–Crippen MR) is 108 cm³/mol. The van der Waals surface area contributed by atoms with Crippen LogP contribution in [-0.4, -0.2) is 0 Å². The van der Waals surface area contributed by atoms with Gasteiger partial charge < -0.3 is 5.32 Å². The highest BCUT2D eigenvalue weighted by Crippen LogP contribution is 2.36. The van der Waals surface area contributed by atoms with Gasteiger partial charge in [0.15, 0.2) is 0 Å². The van der Waals surface area contributed by atoms with Gasteiger partial charge in [-0.3, -0.25) is 0 Å². The van der Waals surface area contributed by atoms with Crippen molar-refractivity contribution in [2.45, 2.75) is 40.5 Å². The highest BCUT2D eigenvalue weighted by molar-refractivity contribution is 5.65. The van der Waals surface area contributed by atoms with Crippen molar-refractivity contribution in [3.05, 3.63) is 83.1 Å². The molecular weight excluding hydrogens is 290 g/mol. The SMILES string of the molecule is C=C(C)\C=C/C(=C\C)C(/C)=C/c1ccc(NC(=C)C2CC2)cc1C. The minimum atomic E-state index is 0.671. The monoisotopic (exact) mass is 319 g/mol. The molecule has 0 saturated heterocycles. The van der Waals surface area contributed by atoms with E-state index in [1.54, 1.807) is 0 Å². The maximum Gasteiger partial charge on any atom is 0.0384 e. The Morgan fingerprint density at radius 2 is 1.88 bits per heavy atom. The zero-order chi connectivity index (χ0) is 17.7. The zero-order valence-electron chi connectivity index (χ0n) is 15.4. The van der Waals surface area contributed by atoms with Crippen LogP contribution in [0.2, 0.25) is 0 Å². The Balaban J connectivity index is 2.15. The van der Waals surface area contributed by atoms with Gasteiger partial charge in [-0.1, -0.05) is 49.1 Å². The van der Waals surface area contributed by atoms with Crippen molar-refractivity contribution in [3.63, 3.8) is 0 Å². The quantitative estimate of drug-likeness (QED) is 0.544. The summed E-state index contributed by atoms with van der Waals surface area (Å²) < 4.78 is 0. The summed E-state index contributed by atoms with van der Waals surface area (Å²) in [6, 6.07) is 6.52. The predicted octanol–water partition coefficient (Wildman–Crippen LogP) is 6.81. The summed E-state index contributed by atoms with van der Waals surface area (Å²) in [6.07, 6.45) is 11.1. The van der Waals surface area contributed by atoms with E-state index in [9.17, 15) is 0 Å². The summed E-state index contributed by atoms with van der Waals surface area (Å²) >= 11 is 0. The summed E-state index contributed by atoms with van der Waals surface area (Å²) in [5.41, 5.74) is 8.33. The molecule has 1 nitrogen and oxygen atoms in total. The molecule has 0 spiro atoms. The average molecular weight is 319 g/mol. The average Bonchev–Trinajstić information content (AvgIpc) is 3.35. The summed E-state index contributed by atoms with van der Waals surface area (Å²) in [7, 11) is 0. The minimum Gasteiger partial charge on any atom is -0.359 e. The Hall–Kier alpha value is -2.28. The van der Waals surface area contributed by atoms with Gasteiger partial charge in [0, 0.05) is 11.4 Å². The topological polar surface area (TPSA) is 12.0 Å². The van der Waals surface area contributed by atoms with Crippen molar-refractivity contribution in [2.24, 2.45) is 5.92 Å². The zero-order valence-corrected chi connectivity index (χ0v) is 15.4. The lowest BCUT2D eigenvalue weighted by Gasteiger charge is -2.11. The lowest BCUT2D eigenvalue weighted by atomic mass is 10.00. The van der Waals surface area contributed by atoms with E-state index in [1.165, 1.54) is 35.1 Å². The molecule has 0 heterocycles. The van der Waals surface area contributed by atoms with Crippen LogP contribution in [0.1, 0.15) is 44.7 Å². The van der Waals surface area contributed by atoms with E-state index in [0.717, 1.165) is 17.0 Å². The van der Waals surface area contributed by atoms with Gasteiger partial charge in [-0.05, 0) is 80.9 Å². The molecule has 2 rings (SSSR count). The number of nitrogens with one attached hydrogen (secondary N) is 1. The van der Waals surface area contributed by atoms with E-state index >= 15 is 0 Å². The highest BCUT2D eigenvalue weighted by atomic mass is 14.9. The summed E-state index contributed by atoms with van der Waals surface area (Å²) in [5.74, 6) is 0.671. The maximum atomic E-state index is 4.14. The molecule has 0 atom stereocenters. The maximum absolute atomic E-state index is 4.14. The van der Waals surface area contributed by atoms with Gasteiger partial charge in [0.1, 0.15) is 0 Å². The van der Waals surface area contributed by atoms with Crippen molar-refractivity contribution in [2.75, 3.05) is 5.32 Å². The molecule has 24 heavy (non-hydrogen) atoms. The third-order valence-corrected chi connectivity index (χ3v) is 4.33. The van der Waals surface area contributed by atoms with Crippen LogP contribution in [0.5, 0.6) is 0 Å². The molecule has 1 saturated carbocycles. The fourth-order valence-electron chi connectivity index (χ4n) is 2.64. The lowest BCUT2D eigenvalue weighted by Crippen LogP contribution is -2.00. The fourth-order valence-corrected chi connectivity index (χ4v) is 2.64. The first kappa shape index (κ1) is 18.1. The van der Waals surface area contributed by atoms with Crippen molar-refractivity contribution in [1.29, 1.82) is 0 Å². The number of hydrogen-bond acceptors (Lipinski definition) is 1. The number of rotatable bonds is 7. The normalized spacial score (nSPS) is 15.7. The number of hydrogen-bond donors (Lipinski definition) is 1. The number of aryl methyl sites for hydroxylation is 1. The molecule has 0 aliphatic heterocycles. The van der Waals surface area contributed by atoms with Crippen molar-refractivity contribution in [1.82, 2.24) is 0 Å². The Kier molecular flexibility index (Phi) is 6.03. The van der Waals surface area contributed by atoms with Crippen LogP contribution in [0.3, 0.4) is 0 Å². The molecule has 1 aromatic carbocycles. The second-order valence-corrected chi connectivity index (χ2v) is 6.75. The molecule has 0 aromatic heterocycles. The van der Waals surface area contributed by atoms with Gasteiger partial charge >= 0.3 is 0 Å². The van der Waals surface area contributed by atoms with Crippen molar-refractivity contribution in [3.8, 4) is 0 Å². The molecule has 0 amide bonds. The Morgan fingerprint density at radius 1 is 1.17 bits per heavy atom. The second-order valence-electron chi connectivity index (χ2n) is 6.75. The Labute approximate surface area is 147 Å². The lowest BCUT2D eigenvalue weighted by molar-refractivity contribution is 1.02. The molecule has 1 heteroatoms. The molecule has 1 N–H and O–H groups in total. The van der Waals surface area contributed by atoms with Crippen molar-refractivity contribution >= 4 is 11.8 Å². The van der Waals surface area contributed by atoms with E-state index in [2.05, 4.69) is 81.7 Å². The summed E-state index contributed by atoms with van der Waals surface area (Å²) in [5, 5.41) is 3.44.